The van der Waals surface area contributed by atoms with Crippen molar-refractivity contribution in [3.05, 3.63) is 58.7 Å². The lowest BCUT2D eigenvalue weighted by Crippen LogP contribution is -2.19. The molecule has 0 saturated carbocycles. The second kappa shape index (κ2) is 11.0. The fourth-order valence-electron chi connectivity index (χ4n) is 3.24. The van der Waals surface area contributed by atoms with Crippen molar-refractivity contribution >= 4 is 5.97 Å². The van der Waals surface area contributed by atoms with Crippen molar-refractivity contribution in [3.8, 4) is 0 Å². The molecule has 0 bridgehead atoms. The molecule has 0 amide bonds. The number of hydrogen-bond acceptors (Lipinski definition) is 2. The summed E-state index contributed by atoms with van der Waals surface area (Å²) in [4.78, 5) is 11.3. The molecule has 0 aromatic heterocycles. The number of rotatable bonds is 8. The molecule has 1 rings (SSSR count). The number of hydrogen-bond donors (Lipinski definition) is 0. The van der Waals surface area contributed by atoms with Gasteiger partial charge in [0.25, 0.3) is 0 Å². The monoisotopic (exact) mass is 356 g/mol. The zero-order valence-corrected chi connectivity index (χ0v) is 17.5. The van der Waals surface area contributed by atoms with Crippen LogP contribution in [0.5, 0.6) is 0 Å². The molecule has 0 unspecified atom stereocenters. The summed E-state index contributed by atoms with van der Waals surface area (Å²) in [5.74, 6) is -0.128. The number of carbonyl (C=O) groups is 1. The molecule has 0 N–H and O–H groups in total. The first-order valence-corrected chi connectivity index (χ1v) is 9.82. The van der Waals surface area contributed by atoms with E-state index in [2.05, 4.69) is 45.9 Å². The third-order valence-electron chi connectivity index (χ3n) is 4.88. The summed E-state index contributed by atoms with van der Waals surface area (Å²) in [5, 5.41) is 0. The summed E-state index contributed by atoms with van der Waals surface area (Å²) < 4.78 is 5.13. The second-order valence-electron chi connectivity index (χ2n) is 7.92. The van der Waals surface area contributed by atoms with Crippen LogP contribution >= 0.6 is 0 Å². The lowest BCUT2D eigenvalue weighted by atomic mass is 9.72. The van der Waals surface area contributed by atoms with Crippen LogP contribution < -0.4 is 0 Å². The van der Waals surface area contributed by atoms with Crippen LogP contribution in [0, 0.1) is 5.41 Å². The molecule has 0 atom stereocenters. The highest BCUT2D eigenvalue weighted by molar-refractivity contribution is 5.69. The van der Waals surface area contributed by atoms with Gasteiger partial charge in [0, 0.05) is 6.42 Å². The Morgan fingerprint density at radius 3 is 2.58 bits per heavy atom. The van der Waals surface area contributed by atoms with Gasteiger partial charge in [-0.3, -0.25) is 4.79 Å². The Kier molecular flexibility index (Phi) is 9.40. The Labute approximate surface area is 160 Å². The first-order chi connectivity index (χ1) is 12.3. The van der Waals surface area contributed by atoms with Crippen LogP contribution in [0.15, 0.2) is 58.7 Å². The Morgan fingerprint density at radius 2 is 1.92 bits per heavy atom. The van der Waals surface area contributed by atoms with E-state index in [-0.39, 0.29) is 11.4 Å². The average molecular weight is 357 g/mol. The highest BCUT2D eigenvalue weighted by atomic mass is 16.5. The van der Waals surface area contributed by atoms with Crippen LogP contribution in [-0.4, -0.2) is 12.6 Å². The van der Waals surface area contributed by atoms with Crippen molar-refractivity contribution in [1.82, 2.24) is 0 Å². The van der Waals surface area contributed by atoms with Gasteiger partial charge < -0.3 is 4.74 Å². The van der Waals surface area contributed by atoms with Crippen molar-refractivity contribution in [2.24, 2.45) is 5.41 Å². The summed E-state index contributed by atoms with van der Waals surface area (Å²) in [6, 6.07) is 0. The lowest BCUT2D eigenvalue weighted by molar-refractivity contribution is -0.142. The van der Waals surface area contributed by atoms with Crippen molar-refractivity contribution in [1.29, 1.82) is 0 Å². The van der Waals surface area contributed by atoms with E-state index in [0.717, 1.165) is 12.0 Å². The summed E-state index contributed by atoms with van der Waals surface area (Å²) in [5.41, 5.74) is 5.62. The largest absolute Gasteiger partial charge is 0.461 e. The molecule has 144 valence electrons. The zero-order chi connectivity index (χ0) is 19.6. The van der Waals surface area contributed by atoms with Gasteiger partial charge >= 0.3 is 5.97 Å². The van der Waals surface area contributed by atoms with E-state index in [4.69, 9.17) is 4.74 Å². The van der Waals surface area contributed by atoms with Gasteiger partial charge in [0.05, 0.1) is 0 Å². The molecule has 0 aliphatic heterocycles. The number of allylic oxidation sites excluding steroid dienone is 9. The third-order valence-corrected chi connectivity index (χ3v) is 4.88. The molecule has 0 saturated heterocycles. The Morgan fingerprint density at radius 1 is 1.19 bits per heavy atom. The summed E-state index contributed by atoms with van der Waals surface area (Å²) >= 11 is 0. The van der Waals surface area contributed by atoms with Crippen LogP contribution in [0.2, 0.25) is 0 Å². The molecule has 0 fully saturated rings. The van der Waals surface area contributed by atoms with Gasteiger partial charge in [-0.05, 0) is 63.5 Å². The van der Waals surface area contributed by atoms with E-state index < -0.39 is 0 Å². The normalized spacial score (nSPS) is 18.8. The third kappa shape index (κ3) is 8.03. The van der Waals surface area contributed by atoms with Crippen molar-refractivity contribution < 1.29 is 9.53 Å². The van der Waals surface area contributed by atoms with Gasteiger partial charge in [0.2, 0.25) is 0 Å². The maximum absolute atomic E-state index is 11.3. The Balaban J connectivity index is 2.59. The fraction of sp³-hybridized carbons (Fsp3) is 0.542. The molecule has 26 heavy (non-hydrogen) atoms. The molecule has 0 radical (unpaired) electrons. The van der Waals surface area contributed by atoms with E-state index in [0.29, 0.717) is 13.0 Å². The van der Waals surface area contributed by atoms with Crippen molar-refractivity contribution in [2.45, 2.75) is 73.6 Å². The molecule has 0 heterocycles. The first kappa shape index (κ1) is 22.2. The molecule has 1 aliphatic rings. The van der Waals surface area contributed by atoms with Gasteiger partial charge in [-0.25, -0.2) is 0 Å². The van der Waals surface area contributed by atoms with Crippen LogP contribution in [0.4, 0.5) is 0 Å². The minimum absolute atomic E-state index is 0.128. The molecular formula is C24H36O2. The molecule has 0 aromatic carbocycles. The lowest BCUT2D eigenvalue weighted by Gasteiger charge is -2.32. The topological polar surface area (TPSA) is 26.3 Å². The van der Waals surface area contributed by atoms with Gasteiger partial charge in [-0.1, -0.05) is 67.9 Å². The van der Waals surface area contributed by atoms with E-state index in [1.807, 2.05) is 32.1 Å². The van der Waals surface area contributed by atoms with Gasteiger partial charge in [0.1, 0.15) is 6.61 Å². The molecule has 2 heteroatoms. The SMILES string of the molecule is CCCC(=O)OC/C=C(C)/C=C\C=C(C)\C=C\C1=C(C)CCCC1(C)C. The maximum atomic E-state index is 11.3. The first-order valence-electron chi connectivity index (χ1n) is 9.82. The smallest absolute Gasteiger partial charge is 0.306 e. The highest BCUT2D eigenvalue weighted by Crippen LogP contribution is 2.40. The standard InChI is InChI=1S/C24H36O2/c1-7-10-23(25)26-18-16-20(3)12-8-11-19(2)14-15-22-21(4)13-9-17-24(22,5)6/h8,11-12,14-16H,7,9-10,13,17-18H2,1-6H3/b12-8-,15-14+,19-11+,20-16+. The quantitative estimate of drug-likeness (QED) is 0.351. The van der Waals surface area contributed by atoms with Crippen molar-refractivity contribution in [2.75, 3.05) is 6.61 Å². The number of ether oxygens (including phenoxy) is 1. The predicted octanol–water partition coefficient (Wildman–Crippen LogP) is 6.86. The van der Waals surface area contributed by atoms with Crippen LogP contribution in [-0.2, 0) is 9.53 Å². The Bertz CT molecular complexity index is 625. The minimum Gasteiger partial charge on any atom is -0.461 e. The summed E-state index contributed by atoms with van der Waals surface area (Å²) in [6.45, 7) is 13.4. The van der Waals surface area contributed by atoms with E-state index >= 15 is 0 Å². The van der Waals surface area contributed by atoms with Crippen molar-refractivity contribution in [3.63, 3.8) is 0 Å². The predicted molar refractivity (Wildman–Crippen MR) is 112 cm³/mol. The fourth-order valence-corrected chi connectivity index (χ4v) is 3.24. The minimum atomic E-state index is -0.128. The second-order valence-corrected chi connectivity index (χ2v) is 7.92. The molecular weight excluding hydrogens is 320 g/mol. The van der Waals surface area contributed by atoms with Crippen LogP contribution in [0.25, 0.3) is 0 Å². The zero-order valence-electron chi connectivity index (χ0n) is 17.5. The molecule has 0 spiro atoms. The Hall–Kier alpha value is -1.83. The van der Waals surface area contributed by atoms with Crippen LogP contribution in [0.1, 0.15) is 73.6 Å². The van der Waals surface area contributed by atoms with Crippen LogP contribution in [0.3, 0.4) is 0 Å². The number of carbonyl (C=O) groups excluding carboxylic acids is 1. The molecule has 1 aliphatic carbocycles. The average Bonchev–Trinajstić information content (AvgIpc) is 2.54. The highest BCUT2D eigenvalue weighted by Gasteiger charge is 2.26. The maximum Gasteiger partial charge on any atom is 0.306 e. The summed E-state index contributed by atoms with van der Waals surface area (Å²) in [7, 11) is 0. The van der Waals surface area contributed by atoms with Gasteiger partial charge in [-0.2, -0.15) is 0 Å². The number of esters is 1. The van der Waals surface area contributed by atoms with Gasteiger partial charge in [0.15, 0.2) is 0 Å². The van der Waals surface area contributed by atoms with Gasteiger partial charge in [-0.15, -0.1) is 0 Å². The summed E-state index contributed by atoms with van der Waals surface area (Å²) in [6.07, 6.45) is 17.7. The molecule has 2 nitrogen and oxygen atoms in total. The van der Waals surface area contributed by atoms with E-state index in [1.54, 1.807) is 0 Å². The van der Waals surface area contributed by atoms with E-state index in [9.17, 15) is 4.79 Å². The van der Waals surface area contributed by atoms with E-state index in [1.165, 1.54) is 36.0 Å². The molecule has 0 aromatic rings.